The van der Waals surface area contributed by atoms with Crippen LogP contribution < -0.4 is 0 Å². The zero-order chi connectivity index (χ0) is 10.8. The molecule has 0 aliphatic carbocycles. The van der Waals surface area contributed by atoms with Gasteiger partial charge in [0.25, 0.3) is 0 Å². The molecule has 0 aromatic rings. The van der Waals surface area contributed by atoms with E-state index in [9.17, 15) is 4.79 Å². The van der Waals surface area contributed by atoms with Crippen molar-refractivity contribution in [2.75, 3.05) is 21.0 Å². The van der Waals surface area contributed by atoms with E-state index in [0.29, 0.717) is 6.42 Å². The van der Waals surface area contributed by atoms with Crippen LogP contribution in [0.3, 0.4) is 0 Å². The average molecular weight is 204 g/mol. The molecule has 0 aliphatic heterocycles. The third kappa shape index (κ3) is 5.94. The molecule has 84 valence electrons. The van der Waals surface area contributed by atoms with Gasteiger partial charge in [0, 0.05) is 7.11 Å². The number of rotatable bonds is 8. The number of carbonyl (C=O) groups is 1. The lowest BCUT2D eigenvalue weighted by Crippen LogP contribution is -2.26. The summed E-state index contributed by atoms with van der Waals surface area (Å²) in [5.41, 5.74) is 0. The van der Waals surface area contributed by atoms with Gasteiger partial charge >= 0.3 is 5.97 Å². The monoisotopic (exact) mass is 204 g/mol. The average Bonchev–Trinajstić information content (AvgIpc) is 2.22. The van der Waals surface area contributed by atoms with Gasteiger partial charge in [-0.15, -0.1) is 0 Å². The van der Waals surface area contributed by atoms with Crippen molar-refractivity contribution in [3.8, 4) is 0 Å². The highest BCUT2D eigenvalue weighted by Crippen LogP contribution is 2.08. The zero-order valence-corrected chi connectivity index (χ0v) is 9.25. The lowest BCUT2D eigenvalue weighted by Gasteiger charge is -2.14. The van der Waals surface area contributed by atoms with Crippen LogP contribution in [-0.2, 0) is 19.0 Å². The summed E-state index contributed by atoms with van der Waals surface area (Å²) < 4.78 is 14.6. The van der Waals surface area contributed by atoms with Crippen molar-refractivity contribution in [3.63, 3.8) is 0 Å². The topological polar surface area (TPSA) is 44.8 Å². The van der Waals surface area contributed by atoms with Gasteiger partial charge in [-0.1, -0.05) is 26.2 Å². The van der Waals surface area contributed by atoms with E-state index in [2.05, 4.69) is 11.7 Å². The molecule has 0 aromatic carbocycles. The van der Waals surface area contributed by atoms with Crippen LogP contribution in [0.25, 0.3) is 0 Å². The Labute approximate surface area is 85.5 Å². The maximum atomic E-state index is 11.2. The number of unbranched alkanes of at least 4 members (excludes halogenated alkanes) is 2. The van der Waals surface area contributed by atoms with Crippen molar-refractivity contribution in [1.29, 1.82) is 0 Å². The zero-order valence-electron chi connectivity index (χ0n) is 9.25. The van der Waals surface area contributed by atoms with Gasteiger partial charge < -0.3 is 14.2 Å². The van der Waals surface area contributed by atoms with E-state index >= 15 is 0 Å². The van der Waals surface area contributed by atoms with Crippen molar-refractivity contribution < 1.29 is 19.0 Å². The first-order valence-electron chi connectivity index (χ1n) is 4.94. The van der Waals surface area contributed by atoms with Gasteiger partial charge in [0.1, 0.15) is 6.79 Å². The van der Waals surface area contributed by atoms with Gasteiger partial charge in [-0.05, 0) is 6.42 Å². The van der Waals surface area contributed by atoms with Crippen LogP contribution in [0.2, 0.25) is 0 Å². The SMILES string of the molecule is CCCCCC(OCOC)C(=O)OC. The fourth-order valence-electron chi connectivity index (χ4n) is 1.13. The Hall–Kier alpha value is -0.610. The molecule has 0 N–H and O–H groups in total. The van der Waals surface area contributed by atoms with Gasteiger partial charge in [-0.25, -0.2) is 4.79 Å². The Morgan fingerprint density at radius 1 is 1.29 bits per heavy atom. The van der Waals surface area contributed by atoms with Crippen LogP contribution in [0, 0.1) is 0 Å². The molecule has 1 atom stereocenters. The van der Waals surface area contributed by atoms with E-state index in [1.54, 1.807) is 0 Å². The van der Waals surface area contributed by atoms with E-state index in [1.807, 2.05) is 0 Å². The van der Waals surface area contributed by atoms with Gasteiger partial charge in [-0.3, -0.25) is 0 Å². The lowest BCUT2D eigenvalue weighted by molar-refractivity contribution is -0.163. The molecule has 0 radical (unpaired) electrons. The molecule has 0 saturated heterocycles. The first-order chi connectivity index (χ1) is 6.76. The van der Waals surface area contributed by atoms with Gasteiger partial charge in [-0.2, -0.15) is 0 Å². The minimum absolute atomic E-state index is 0.131. The van der Waals surface area contributed by atoms with E-state index < -0.39 is 6.10 Å². The molecule has 1 unspecified atom stereocenters. The standard InChI is InChI=1S/C10H20O4/c1-4-5-6-7-9(10(11)13-3)14-8-12-2/h9H,4-8H2,1-3H3. The van der Waals surface area contributed by atoms with E-state index in [-0.39, 0.29) is 12.8 Å². The van der Waals surface area contributed by atoms with E-state index in [0.717, 1.165) is 19.3 Å². The van der Waals surface area contributed by atoms with E-state index in [4.69, 9.17) is 9.47 Å². The highest BCUT2D eigenvalue weighted by atomic mass is 16.7. The summed E-state index contributed by atoms with van der Waals surface area (Å²) >= 11 is 0. The first kappa shape index (κ1) is 13.4. The highest BCUT2D eigenvalue weighted by Gasteiger charge is 2.18. The van der Waals surface area contributed by atoms with Gasteiger partial charge in [0.15, 0.2) is 6.10 Å². The summed E-state index contributed by atoms with van der Waals surface area (Å²) in [5, 5.41) is 0. The van der Waals surface area contributed by atoms with Gasteiger partial charge in [0.05, 0.1) is 7.11 Å². The normalized spacial score (nSPS) is 12.5. The van der Waals surface area contributed by atoms with Crippen LogP contribution in [0.4, 0.5) is 0 Å². The molecule has 0 bridgehead atoms. The molecule has 0 spiro atoms. The van der Waals surface area contributed by atoms with E-state index in [1.165, 1.54) is 14.2 Å². The molecule has 4 nitrogen and oxygen atoms in total. The molecule has 0 aromatic heterocycles. The lowest BCUT2D eigenvalue weighted by atomic mass is 10.1. The van der Waals surface area contributed by atoms with Crippen molar-refractivity contribution in [2.24, 2.45) is 0 Å². The Morgan fingerprint density at radius 2 is 2.00 bits per heavy atom. The Balaban J connectivity index is 3.78. The van der Waals surface area contributed by atoms with Crippen molar-refractivity contribution in [3.05, 3.63) is 0 Å². The van der Waals surface area contributed by atoms with Gasteiger partial charge in [0.2, 0.25) is 0 Å². The summed E-state index contributed by atoms with van der Waals surface area (Å²) in [4.78, 5) is 11.2. The molecular formula is C10H20O4. The van der Waals surface area contributed by atoms with Crippen LogP contribution in [0.5, 0.6) is 0 Å². The molecule has 0 fully saturated rings. The van der Waals surface area contributed by atoms with Crippen molar-refractivity contribution in [2.45, 2.75) is 38.7 Å². The fourth-order valence-corrected chi connectivity index (χ4v) is 1.13. The Bertz CT molecular complexity index is 147. The highest BCUT2D eigenvalue weighted by molar-refractivity contribution is 5.74. The van der Waals surface area contributed by atoms with Crippen LogP contribution in [-0.4, -0.2) is 33.1 Å². The Morgan fingerprint density at radius 3 is 2.50 bits per heavy atom. The molecule has 14 heavy (non-hydrogen) atoms. The summed E-state index contributed by atoms with van der Waals surface area (Å²) in [6, 6.07) is 0. The summed E-state index contributed by atoms with van der Waals surface area (Å²) in [7, 11) is 2.89. The fraction of sp³-hybridized carbons (Fsp3) is 0.900. The first-order valence-corrected chi connectivity index (χ1v) is 4.94. The molecule has 0 aliphatic rings. The molecule has 0 rings (SSSR count). The number of methoxy groups -OCH3 is 2. The second kappa shape index (κ2) is 8.97. The second-order valence-electron chi connectivity index (χ2n) is 3.08. The minimum atomic E-state index is -0.480. The van der Waals surface area contributed by atoms with Crippen LogP contribution in [0.1, 0.15) is 32.6 Å². The third-order valence-corrected chi connectivity index (χ3v) is 1.92. The summed E-state index contributed by atoms with van der Waals surface area (Å²) in [6.45, 7) is 2.25. The van der Waals surface area contributed by atoms with Crippen molar-refractivity contribution in [1.82, 2.24) is 0 Å². The maximum Gasteiger partial charge on any atom is 0.335 e. The third-order valence-electron chi connectivity index (χ3n) is 1.92. The number of hydrogen-bond acceptors (Lipinski definition) is 4. The molecule has 0 heterocycles. The predicted molar refractivity (Wildman–Crippen MR) is 52.9 cm³/mol. The predicted octanol–water partition coefficient (Wildman–Crippen LogP) is 1.73. The van der Waals surface area contributed by atoms with Crippen LogP contribution in [0.15, 0.2) is 0 Å². The Kier molecular flexibility index (Phi) is 8.57. The number of ether oxygens (including phenoxy) is 3. The summed E-state index contributed by atoms with van der Waals surface area (Å²) in [5.74, 6) is -0.321. The number of esters is 1. The molecular weight excluding hydrogens is 184 g/mol. The number of carbonyl (C=O) groups excluding carboxylic acids is 1. The molecule has 0 saturated carbocycles. The second-order valence-corrected chi connectivity index (χ2v) is 3.08. The maximum absolute atomic E-state index is 11.2. The van der Waals surface area contributed by atoms with Crippen LogP contribution >= 0.6 is 0 Å². The molecule has 4 heteroatoms. The number of hydrogen-bond donors (Lipinski definition) is 0. The summed E-state index contributed by atoms with van der Waals surface area (Å²) in [6.07, 6.45) is 3.41. The quantitative estimate of drug-likeness (QED) is 0.343. The smallest absolute Gasteiger partial charge is 0.335 e. The largest absolute Gasteiger partial charge is 0.467 e. The molecule has 0 amide bonds. The minimum Gasteiger partial charge on any atom is -0.467 e. The van der Waals surface area contributed by atoms with Crippen molar-refractivity contribution >= 4 is 5.97 Å².